The van der Waals surface area contributed by atoms with Crippen LogP contribution in [0.3, 0.4) is 0 Å². The number of aromatic amines is 1. The lowest BCUT2D eigenvalue weighted by atomic mass is 9.83. The third-order valence-electron chi connectivity index (χ3n) is 3.94. The zero-order chi connectivity index (χ0) is 11.1. The first-order valence-electron chi connectivity index (χ1n) is 6.05. The Labute approximate surface area is 105 Å². The number of piperidine rings is 1. The summed E-state index contributed by atoms with van der Waals surface area (Å²) < 4.78 is 1.10. The van der Waals surface area contributed by atoms with Gasteiger partial charge in [0.05, 0.1) is 4.60 Å². The second kappa shape index (κ2) is 4.08. The average Bonchev–Trinajstić information content (AvgIpc) is 2.76. The molecule has 1 aromatic rings. The molecule has 0 bridgehead atoms. The first-order valence-corrected chi connectivity index (χ1v) is 6.84. The molecule has 1 saturated heterocycles. The van der Waals surface area contributed by atoms with Crippen LogP contribution in [0.5, 0.6) is 0 Å². The van der Waals surface area contributed by atoms with Crippen LogP contribution in [0.15, 0.2) is 10.7 Å². The summed E-state index contributed by atoms with van der Waals surface area (Å²) >= 11 is 3.52. The quantitative estimate of drug-likeness (QED) is 0.830. The Morgan fingerprint density at radius 3 is 3.19 bits per heavy atom. The summed E-state index contributed by atoms with van der Waals surface area (Å²) in [6, 6.07) is 2.24. The van der Waals surface area contributed by atoms with Crippen molar-refractivity contribution < 1.29 is 0 Å². The molecule has 0 amide bonds. The summed E-state index contributed by atoms with van der Waals surface area (Å²) in [6.45, 7) is 3.61. The monoisotopic (exact) mass is 283 g/mol. The van der Waals surface area contributed by atoms with Gasteiger partial charge in [-0.3, -0.25) is 0 Å². The highest BCUT2D eigenvalue weighted by Gasteiger charge is 2.33. The highest BCUT2D eigenvalue weighted by atomic mass is 79.9. The number of halogens is 1. The van der Waals surface area contributed by atoms with Gasteiger partial charge in [0.15, 0.2) is 0 Å². The highest BCUT2D eigenvalue weighted by molar-refractivity contribution is 9.10. The van der Waals surface area contributed by atoms with Crippen LogP contribution in [-0.2, 0) is 0 Å². The second-order valence-corrected chi connectivity index (χ2v) is 5.95. The molecular weight excluding hydrogens is 266 g/mol. The predicted molar refractivity (Wildman–Crippen MR) is 69.9 cm³/mol. The van der Waals surface area contributed by atoms with E-state index in [1.807, 2.05) is 0 Å². The Morgan fingerprint density at radius 1 is 1.50 bits per heavy atom. The Morgan fingerprint density at radius 2 is 2.38 bits per heavy atom. The van der Waals surface area contributed by atoms with Gasteiger partial charge in [0.2, 0.25) is 0 Å². The van der Waals surface area contributed by atoms with Crippen molar-refractivity contribution in [2.24, 2.45) is 5.92 Å². The molecule has 2 unspecified atom stereocenters. The maximum atomic E-state index is 3.52. The minimum atomic E-state index is 0.695. The van der Waals surface area contributed by atoms with Crippen molar-refractivity contribution in [2.45, 2.75) is 18.8 Å². The van der Waals surface area contributed by atoms with Gasteiger partial charge in [0, 0.05) is 24.6 Å². The lowest BCUT2D eigenvalue weighted by Gasteiger charge is -2.33. The van der Waals surface area contributed by atoms with Gasteiger partial charge in [-0.15, -0.1) is 0 Å². The van der Waals surface area contributed by atoms with Crippen molar-refractivity contribution in [3.05, 3.63) is 16.2 Å². The van der Waals surface area contributed by atoms with Crippen molar-refractivity contribution in [3.63, 3.8) is 0 Å². The Kier molecular flexibility index (Phi) is 2.72. The average molecular weight is 284 g/mol. The van der Waals surface area contributed by atoms with Crippen molar-refractivity contribution >= 4 is 21.7 Å². The van der Waals surface area contributed by atoms with Gasteiger partial charge in [-0.05, 0) is 54.3 Å². The van der Waals surface area contributed by atoms with Crippen molar-refractivity contribution in [3.8, 4) is 0 Å². The molecule has 3 rings (SSSR count). The summed E-state index contributed by atoms with van der Waals surface area (Å²) in [4.78, 5) is 5.79. The van der Waals surface area contributed by atoms with Crippen LogP contribution < -0.4 is 5.32 Å². The van der Waals surface area contributed by atoms with Gasteiger partial charge >= 0.3 is 0 Å². The van der Waals surface area contributed by atoms with Gasteiger partial charge in [0.25, 0.3) is 0 Å². The van der Waals surface area contributed by atoms with Crippen LogP contribution in [0, 0.1) is 5.92 Å². The third-order valence-corrected chi connectivity index (χ3v) is 4.37. The Bertz CT molecular complexity index is 388. The van der Waals surface area contributed by atoms with E-state index in [1.165, 1.54) is 37.3 Å². The van der Waals surface area contributed by atoms with E-state index >= 15 is 0 Å². The van der Waals surface area contributed by atoms with Gasteiger partial charge in [-0.25, -0.2) is 0 Å². The predicted octanol–water partition coefficient (Wildman–Crippen LogP) is 2.63. The molecule has 0 spiro atoms. The van der Waals surface area contributed by atoms with Crippen molar-refractivity contribution in [1.82, 2.24) is 9.88 Å². The molecule has 2 aliphatic rings. The maximum absolute atomic E-state index is 3.52. The van der Waals surface area contributed by atoms with E-state index in [9.17, 15) is 0 Å². The molecule has 88 valence electrons. The number of likely N-dealkylation sites (tertiary alicyclic amines) is 1. The molecule has 1 fully saturated rings. The summed E-state index contributed by atoms with van der Waals surface area (Å²) in [7, 11) is 2.24. The van der Waals surface area contributed by atoms with E-state index in [1.54, 1.807) is 0 Å². The smallest absolute Gasteiger partial charge is 0.107 e. The molecule has 1 aromatic heterocycles. The third kappa shape index (κ3) is 1.78. The largest absolute Gasteiger partial charge is 0.371 e. The number of fused-ring (bicyclic) bond motifs is 1. The SMILES string of the molecule is CN1CCCC(C2CNc3[nH]c(Br)cc32)C1. The highest BCUT2D eigenvalue weighted by Crippen LogP contribution is 2.40. The van der Waals surface area contributed by atoms with Crippen LogP contribution >= 0.6 is 15.9 Å². The minimum absolute atomic E-state index is 0.695. The fraction of sp³-hybridized carbons (Fsp3) is 0.667. The van der Waals surface area contributed by atoms with Gasteiger partial charge in [0.1, 0.15) is 5.82 Å². The zero-order valence-corrected chi connectivity index (χ0v) is 11.2. The van der Waals surface area contributed by atoms with Crippen molar-refractivity contribution in [1.29, 1.82) is 0 Å². The molecule has 2 aliphatic heterocycles. The fourth-order valence-electron chi connectivity index (χ4n) is 3.15. The van der Waals surface area contributed by atoms with Crippen LogP contribution in [0.2, 0.25) is 0 Å². The number of H-pyrrole nitrogens is 1. The molecular formula is C12H18BrN3. The lowest BCUT2D eigenvalue weighted by molar-refractivity contribution is 0.191. The van der Waals surface area contributed by atoms with Gasteiger partial charge < -0.3 is 15.2 Å². The number of aromatic nitrogens is 1. The Hall–Kier alpha value is -0.480. The molecule has 2 N–H and O–H groups in total. The molecule has 0 aliphatic carbocycles. The van der Waals surface area contributed by atoms with E-state index in [-0.39, 0.29) is 0 Å². The minimum Gasteiger partial charge on any atom is -0.371 e. The summed E-state index contributed by atoms with van der Waals surface area (Å²) in [5.41, 5.74) is 1.48. The van der Waals surface area contributed by atoms with Crippen molar-refractivity contribution in [2.75, 3.05) is 32.0 Å². The van der Waals surface area contributed by atoms with Crippen LogP contribution in [0.4, 0.5) is 5.82 Å². The van der Waals surface area contributed by atoms with E-state index < -0.39 is 0 Å². The molecule has 4 heteroatoms. The van der Waals surface area contributed by atoms with E-state index in [0.29, 0.717) is 5.92 Å². The number of nitrogens with zero attached hydrogens (tertiary/aromatic N) is 1. The first kappa shape index (κ1) is 10.7. The summed E-state index contributed by atoms with van der Waals surface area (Å²) in [5, 5.41) is 3.48. The van der Waals surface area contributed by atoms with Gasteiger partial charge in [-0.1, -0.05) is 0 Å². The first-order chi connectivity index (χ1) is 7.74. The summed E-state index contributed by atoms with van der Waals surface area (Å²) in [6.07, 6.45) is 2.72. The molecule has 0 radical (unpaired) electrons. The second-order valence-electron chi connectivity index (χ2n) is 5.10. The number of anilines is 1. The fourth-order valence-corrected chi connectivity index (χ4v) is 3.60. The standard InChI is InChI=1S/C12H18BrN3/c1-16-4-2-3-8(7-16)10-6-14-12-9(10)5-11(13)15-12/h5,8,10,14-15H,2-4,6-7H2,1H3. The van der Waals surface area contributed by atoms with E-state index in [2.05, 4.69) is 44.2 Å². The molecule has 16 heavy (non-hydrogen) atoms. The van der Waals surface area contributed by atoms with Gasteiger partial charge in [-0.2, -0.15) is 0 Å². The molecule has 3 nitrogen and oxygen atoms in total. The maximum Gasteiger partial charge on any atom is 0.107 e. The Balaban J connectivity index is 1.81. The molecule has 2 atom stereocenters. The van der Waals surface area contributed by atoms with Crippen LogP contribution in [0.25, 0.3) is 0 Å². The molecule has 0 aromatic carbocycles. The zero-order valence-electron chi connectivity index (χ0n) is 9.59. The van der Waals surface area contributed by atoms with Crippen LogP contribution in [0.1, 0.15) is 24.3 Å². The molecule has 3 heterocycles. The molecule has 0 saturated carbocycles. The van der Waals surface area contributed by atoms with E-state index in [0.717, 1.165) is 17.1 Å². The number of rotatable bonds is 1. The number of hydrogen-bond acceptors (Lipinski definition) is 2. The topological polar surface area (TPSA) is 31.1 Å². The lowest BCUT2D eigenvalue weighted by Crippen LogP contribution is -2.35. The number of nitrogens with one attached hydrogen (secondary N) is 2. The number of hydrogen-bond donors (Lipinski definition) is 2. The van der Waals surface area contributed by atoms with Crippen LogP contribution in [-0.4, -0.2) is 36.6 Å². The normalized spacial score (nSPS) is 30.1. The summed E-state index contributed by atoms with van der Waals surface area (Å²) in [5.74, 6) is 2.74. The van der Waals surface area contributed by atoms with E-state index in [4.69, 9.17) is 0 Å².